The summed E-state index contributed by atoms with van der Waals surface area (Å²) in [5.41, 5.74) is 2.24. The van der Waals surface area contributed by atoms with Crippen molar-refractivity contribution in [3.63, 3.8) is 0 Å². The summed E-state index contributed by atoms with van der Waals surface area (Å²) in [6, 6.07) is 30.6. The zero-order valence-electron chi connectivity index (χ0n) is 22.4. The fourth-order valence-corrected chi connectivity index (χ4v) is 6.03. The summed E-state index contributed by atoms with van der Waals surface area (Å²) in [5, 5.41) is 4.18. The molecule has 208 valence electrons. The highest BCUT2D eigenvalue weighted by molar-refractivity contribution is 7.90. The summed E-state index contributed by atoms with van der Waals surface area (Å²) < 4.78 is 36.3. The third kappa shape index (κ3) is 7.31. The van der Waals surface area contributed by atoms with Crippen LogP contribution in [0.1, 0.15) is 60.9 Å². The lowest BCUT2D eigenvalue weighted by Gasteiger charge is -2.36. The lowest BCUT2D eigenvalue weighted by Crippen LogP contribution is -2.38. The fraction of sp³-hybridized carbons (Fsp3) is 0.310. The number of rotatable bonds is 10. The summed E-state index contributed by atoms with van der Waals surface area (Å²) >= 11 is 0. The summed E-state index contributed by atoms with van der Waals surface area (Å²) in [6.07, 6.45) is 5.34. The number of benzene rings is 3. The van der Waals surface area contributed by atoms with Crippen LogP contribution in [0.15, 0.2) is 97.3 Å². The molecule has 4 rings (SSSR count). The molecular weight excluding hydrogens is 533 g/mol. The normalized spacial score (nSPS) is 12.7. The minimum atomic E-state index is -3.40. The molecule has 0 aliphatic carbocycles. The van der Waals surface area contributed by atoms with Crippen LogP contribution in [0.4, 0.5) is 0 Å². The van der Waals surface area contributed by atoms with Crippen molar-refractivity contribution >= 4 is 18.1 Å². The highest BCUT2D eigenvalue weighted by Crippen LogP contribution is 2.41. The van der Waals surface area contributed by atoms with Crippen LogP contribution >= 0.6 is 8.25 Å². The van der Waals surface area contributed by atoms with E-state index in [1.54, 1.807) is 6.33 Å². The second-order valence-electron chi connectivity index (χ2n) is 9.37. The van der Waals surface area contributed by atoms with E-state index < -0.39 is 28.9 Å². The highest BCUT2D eigenvalue weighted by atomic mass is 32.2. The Hall–Kier alpha value is -3.10. The molecular formula is C29H36N3O5PS. The molecule has 1 heterocycles. The van der Waals surface area contributed by atoms with E-state index in [1.165, 1.54) is 6.26 Å². The van der Waals surface area contributed by atoms with Gasteiger partial charge in [0.25, 0.3) is 0 Å². The van der Waals surface area contributed by atoms with Gasteiger partial charge in [0.05, 0.1) is 0 Å². The number of nitrogens with zero attached hydrogens (tertiary/aromatic N) is 3. The average Bonchev–Trinajstić information content (AvgIpc) is 3.40. The quantitative estimate of drug-likeness (QED) is 0.194. The lowest BCUT2D eigenvalue weighted by atomic mass is 9.77. The molecule has 2 N–H and O–H groups in total. The fourth-order valence-electron chi connectivity index (χ4n) is 4.92. The predicted molar refractivity (Wildman–Crippen MR) is 154 cm³/mol. The van der Waals surface area contributed by atoms with Gasteiger partial charge in [-0.15, -0.1) is 0 Å². The Bertz CT molecular complexity index is 1330. The Balaban J connectivity index is 0.000000983. The van der Waals surface area contributed by atoms with Crippen LogP contribution in [0, 0.1) is 5.92 Å². The van der Waals surface area contributed by atoms with E-state index in [9.17, 15) is 8.42 Å². The number of hydrogen-bond acceptors (Lipinski definition) is 5. The van der Waals surface area contributed by atoms with Gasteiger partial charge in [-0.05, 0) is 29.0 Å². The van der Waals surface area contributed by atoms with Crippen molar-refractivity contribution in [2.24, 2.45) is 5.92 Å². The van der Waals surface area contributed by atoms with E-state index in [-0.39, 0.29) is 0 Å². The van der Waals surface area contributed by atoms with Crippen LogP contribution in [-0.4, -0.2) is 39.2 Å². The van der Waals surface area contributed by atoms with E-state index in [1.807, 2.05) is 59.3 Å². The molecule has 0 saturated heterocycles. The first kappa shape index (κ1) is 30.4. The molecule has 8 nitrogen and oxygen atoms in total. The molecule has 1 unspecified atom stereocenters. The first-order valence-corrected chi connectivity index (χ1v) is 16.1. The Morgan fingerprint density at radius 2 is 1.21 bits per heavy atom. The van der Waals surface area contributed by atoms with Gasteiger partial charge >= 0.3 is 8.25 Å². The zero-order chi connectivity index (χ0) is 28.5. The van der Waals surface area contributed by atoms with Gasteiger partial charge in [-0.1, -0.05) is 118 Å². The first-order valence-electron chi connectivity index (χ1n) is 12.8. The second kappa shape index (κ2) is 13.8. The molecule has 39 heavy (non-hydrogen) atoms. The van der Waals surface area contributed by atoms with Gasteiger partial charge in [0.2, 0.25) is 0 Å². The largest absolute Gasteiger partial charge is 0.326 e. The van der Waals surface area contributed by atoms with E-state index in [0.717, 1.165) is 29.5 Å². The summed E-state index contributed by atoms with van der Waals surface area (Å²) in [7, 11) is -6.53. The third-order valence-electron chi connectivity index (χ3n) is 6.93. The summed E-state index contributed by atoms with van der Waals surface area (Å²) in [5.74, 6) is 0.648. The molecule has 3 aromatic carbocycles. The molecule has 0 radical (unpaired) electrons. The van der Waals surface area contributed by atoms with Crippen molar-refractivity contribution in [1.29, 1.82) is 0 Å². The van der Waals surface area contributed by atoms with Crippen LogP contribution in [0.3, 0.4) is 0 Å². The third-order valence-corrected chi connectivity index (χ3v) is 8.37. The van der Waals surface area contributed by atoms with Crippen molar-refractivity contribution in [3.8, 4) is 0 Å². The van der Waals surface area contributed by atoms with Crippen LogP contribution in [0.25, 0.3) is 0 Å². The first-order chi connectivity index (χ1) is 18.6. The number of aromatic nitrogens is 3. The maximum Gasteiger partial charge on any atom is 0.314 e. The van der Waals surface area contributed by atoms with Gasteiger partial charge in [0.15, 0.2) is 15.7 Å². The second-order valence-corrected chi connectivity index (χ2v) is 12.2. The highest BCUT2D eigenvalue weighted by Gasteiger charge is 2.40. The van der Waals surface area contributed by atoms with Gasteiger partial charge in [-0.2, -0.15) is 5.10 Å². The summed E-state index contributed by atoms with van der Waals surface area (Å²) in [4.78, 5) is 18.9. The van der Waals surface area contributed by atoms with E-state index >= 15 is 0 Å². The SMILES string of the molecule is CCC(CC)CC(c1ncn(C(c2ccccc2)(c2ccccc2)c2ccccc2)n1)S(C)(=O)=O.O=[PH](O)O. The Morgan fingerprint density at radius 3 is 1.54 bits per heavy atom. The number of sulfone groups is 1. The molecule has 1 atom stereocenters. The molecule has 0 fully saturated rings. The molecule has 0 aliphatic heterocycles. The average molecular weight is 570 g/mol. The molecule has 0 bridgehead atoms. The molecule has 10 heteroatoms. The zero-order valence-corrected chi connectivity index (χ0v) is 24.2. The van der Waals surface area contributed by atoms with Gasteiger partial charge < -0.3 is 9.79 Å². The minimum Gasteiger partial charge on any atom is -0.326 e. The molecule has 0 aliphatic rings. The smallest absolute Gasteiger partial charge is 0.314 e. The van der Waals surface area contributed by atoms with Crippen molar-refractivity contribution in [2.75, 3.05) is 6.26 Å². The minimum absolute atomic E-state index is 0.295. The summed E-state index contributed by atoms with van der Waals surface area (Å²) in [6.45, 7) is 4.20. The Labute approximate surface area is 231 Å². The molecule has 0 saturated carbocycles. The lowest BCUT2D eigenvalue weighted by molar-refractivity contribution is 0.405. The Kier molecular flexibility index (Phi) is 10.8. The molecule has 4 aromatic rings. The van der Waals surface area contributed by atoms with Crippen molar-refractivity contribution in [1.82, 2.24) is 14.8 Å². The van der Waals surface area contributed by atoms with E-state index in [4.69, 9.17) is 19.5 Å². The monoisotopic (exact) mass is 569 g/mol. The van der Waals surface area contributed by atoms with E-state index in [0.29, 0.717) is 18.2 Å². The predicted octanol–water partition coefficient (Wildman–Crippen LogP) is 5.39. The van der Waals surface area contributed by atoms with Crippen LogP contribution in [-0.2, 0) is 19.9 Å². The molecule has 0 amide bonds. The number of hydrogen-bond donors (Lipinski definition) is 2. The molecule has 0 spiro atoms. The standard InChI is InChI=1S/C29H33N3O2S.H3O3P/c1-4-23(5-2)21-27(35(3,33)34)28-30-22-32(31-28)29(24-15-9-6-10-16-24,25-17-11-7-12-18-25)26-19-13-8-14-20-26;1-4(2)3/h6-20,22-23,27H,4-5,21H2,1-3H3;4H,(H2,1,2,3). The van der Waals surface area contributed by atoms with Crippen molar-refractivity contribution in [3.05, 3.63) is 120 Å². The molecule has 1 aromatic heterocycles. The van der Waals surface area contributed by atoms with Gasteiger partial charge in [-0.25, -0.2) is 18.1 Å². The van der Waals surface area contributed by atoms with Gasteiger partial charge in [0.1, 0.15) is 17.1 Å². The van der Waals surface area contributed by atoms with Gasteiger partial charge in [-0.3, -0.25) is 4.57 Å². The topological polar surface area (TPSA) is 122 Å². The van der Waals surface area contributed by atoms with Gasteiger partial charge in [0, 0.05) is 6.26 Å². The van der Waals surface area contributed by atoms with Crippen LogP contribution < -0.4 is 0 Å². The van der Waals surface area contributed by atoms with Crippen LogP contribution in [0.2, 0.25) is 0 Å². The Morgan fingerprint density at radius 1 is 0.821 bits per heavy atom. The van der Waals surface area contributed by atoms with Crippen molar-refractivity contribution in [2.45, 2.75) is 43.9 Å². The van der Waals surface area contributed by atoms with Crippen molar-refractivity contribution < 1.29 is 22.8 Å². The maximum atomic E-state index is 12.9. The van der Waals surface area contributed by atoms with E-state index in [2.05, 4.69) is 55.2 Å². The maximum absolute atomic E-state index is 12.9. The van der Waals surface area contributed by atoms with Crippen LogP contribution in [0.5, 0.6) is 0 Å².